The number of thioether (sulfide) groups is 1. The Bertz CT molecular complexity index is 816. The number of benzene rings is 2. The van der Waals surface area contributed by atoms with E-state index in [4.69, 9.17) is 9.84 Å². The van der Waals surface area contributed by atoms with Gasteiger partial charge in [-0.05, 0) is 49.6 Å². The van der Waals surface area contributed by atoms with Gasteiger partial charge in [0.25, 0.3) is 5.91 Å². The van der Waals surface area contributed by atoms with Crippen LogP contribution in [0.15, 0.2) is 53.4 Å². The summed E-state index contributed by atoms with van der Waals surface area (Å²) in [5.41, 5.74) is 2.24. The van der Waals surface area contributed by atoms with Crippen molar-refractivity contribution in [2.24, 2.45) is 0 Å². The maximum Gasteiger partial charge on any atom is 0.316 e. The zero-order valence-electron chi connectivity index (χ0n) is 15.9. The molecule has 1 amide bonds. The minimum absolute atomic E-state index is 0.254. The van der Waals surface area contributed by atoms with Crippen LogP contribution >= 0.6 is 11.8 Å². The first-order valence-electron chi connectivity index (χ1n) is 9.53. The van der Waals surface area contributed by atoms with Crippen LogP contribution in [0, 0.1) is 0 Å². The molecule has 0 spiro atoms. The highest BCUT2D eigenvalue weighted by atomic mass is 32.2. The largest absolute Gasteiger partial charge is 0.480 e. The number of carbonyl (C=O) groups excluding carboxylic acids is 1. The molecule has 1 saturated carbocycles. The maximum atomic E-state index is 12.7. The van der Waals surface area contributed by atoms with Gasteiger partial charge in [-0.3, -0.25) is 9.59 Å². The van der Waals surface area contributed by atoms with Crippen LogP contribution in [0.4, 0.5) is 5.69 Å². The summed E-state index contributed by atoms with van der Waals surface area (Å²) >= 11 is 1.16. The van der Waals surface area contributed by atoms with Crippen molar-refractivity contribution < 1.29 is 19.4 Å². The molecule has 5 nitrogen and oxygen atoms in total. The lowest BCUT2D eigenvalue weighted by Gasteiger charge is -2.13. The topological polar surface area (TPSA) is 75.6 Å². The Morgan fingerprint density at radius 1 is 1.14 bits per heavy atom. The van der Waals surface area contributed by atoms with Gasteiger partial charge < -0.3 is 15.2 Å². The summed E-state index contributed by atoms with van der Waals surface area (Å²) in [4.78, 5) is 24.4. The molecule has 2 N–H and O–H groups in total. The van der Waals surface area contributed by atoms with E-state index in [-0.39, 0.29) is 5.91 Å². The third-order valence-corrected chi connectivity index (χ3v) is 5.95. The van der Waals surface area contributed by atoms with Crippen LogP contribution in [0.3, 0.4) is 0 Å². The fourth-order valence-electron chi connectivity index (χ4n) is 3.15. The molecule has 0 aromatic heterocycles. The van der Waals surface area contributed by atoms with E-state index in [1.54, 1.807) is 31.2 Å². The summed E-state index contributed by atoms with van der Waals surface area (Å²) < 4.78 is 5.91. The average molecular weight is 400 g/mol. The summed E-state index contributed by atoms with van der Waals surface area (Å²) in [6.45, 7) is 2.19. The summed E-state index contributed by atoms with van der Waals surface area (Å²) in [6.07, 6.45) is 5.17. The van der Waals surface area contributed by atoms with Gasteiger partial charge in [-0.25, -0.2) is 0 Å². The van der Waals surface area contributed by atoms with Crippen molar-refractivity contribution in [3.63, 3.8) is 0 Å². The molecule has 3 rings (SSSR count). The normalized spacial score (nSPS) is 15.3. The molecule has 1 unspecified atom stereocenters. The van der Waals surface area contributed by atoms with Crippen molar-refractivity contribution in [1.82, 2.24) is 0 Å². The lowest BCUT2D eigenvalue weighted by molar-refractivity contribution is -0.136. The molecule has 0 saturated heterocycles. The number of ether oxygens (including phenoxy) is 1. The molecule has 0 heterocycles. The smallest absolute Gasteiger partial charge is 0.316 e. The second-order valence-corrected chi connectivity index (χ2v) is 8.35. The van der Waals surface area contributed by atoms with Crippen LogP contribution in [0.1, 0.15) is 48.5 Å². The number of amides is 1. The number of nitrogens with one attached hydrogen (secondary N) is 1. The van der Waals surface area contributed by atoms with Gasteiger partial charge in [0.15, 0.2) is 0 Å². The summed E-state index contributed by atoms with van der Waals surface area (Å²) in [5.74, 6) is -1.16. The van der Waals surface area contributed by atoms with Gasteiger partial charge in [-0.2, -0.15) is 0 Å². The first kappa shape index (κ1) is 20.4. The van der Waals surface area contributed by atoms with E-state index < -0.39 is 11.2 Å². The SMILES string of the molecule is CC(Sc1ccccc1C(=O)Nc1ccc(COC2CCCC2)cc1)C(=O)O. The number of aliphatic carboxylic acids is 1. The molecular formula is C22H25NO4S. The Kier molecular flexibility index (Phi) is 7.12. The van der Waals surface area contributed by atoms with Crippen LogP contribution < -0.4 is 5.32 Å². The second-order valence-electron chi connectivity index (χ2n) is 6.96. The number of carbonyl (C=O) groups is 2. The number of hydrogen-bond acceptors (Lipinski definition) is 4. The lowest BCUT2D eigenvalue weighted by Crippen LogP contribution is -2.15. The van der Waals surface area contributed by atoms with Crippen molar-refractivity contribution in [1.29, 1.82) is 0 Å². The molecule has 1 aliphatic rings. The summed E-state index contributed by atoms with van der Waals surface area (Å²) in [7, 11) is 0. The minimum Gasteiger partial charge on any atom is -0.480 e. The second kappa shape index (κ2) is 9.75. The Labute approximate surface area is 169 Å². The van der Waals surface area contributed by atoms with Crippen molar-refractivity contribution >= 4 is 29.3 Å². The van der Waals surface area contributed by atoms with Gasteiger partial charge in [-0.15, -0.1) is 11.8 Å². The molecule has 148 valence electrons. The van der Waals surface area contributed by atoms with Crippen LogP contribution in [0.25, 0.3) is 0 Å². The van der Waals surface area contributed by atoms with E-state index in [0.29, 0.717) is 28.9 Å². The molecule has 0 bridgehead atoms. The number of hydrogen-bond donors (Lipinski definition) is 2. The fourth-order valence-corrected chi connectivity index (χ4v) is 4.08. The average Bonchev–Trinajstić information content (AvgIpc) is 3.21. The lowest BCUT2D eigenvalue weighted by atomic mass is 10.2. The third kappa shape index (κ3) is 5.59. The Morgan fingerprint density at radius 3 is 2.50 bits per heavy atom. The molecule has 0 aliphatic heterocycles. The predicted octanol–water partition coefficient (Wildman–Crippen LogP) is 4.96. The van der Waals surface area contributed by atoms with Crippen molar-refractivity contribution in [3.05, 3.63) is 59.7 Å². The van der Waals surface area contributed by atoms with E-state index >= 15 is 0 Å². The predicted molar refractivity (Wildman–Crippen MR) is 111 cm³/mol. The van der Waals surface area contributed by atoms with Crippen LogP contribution in [0.2, 0.25) is 0 Å². The molecule has 1 atom stereocenters. The number of carboxylic acid groups (broad SMARTS) is 1. The van der Waals surface area contributed by atoms with Gasteiger partial charge in [0.05, 0.1) is 18.3 Å². The Morgan fingerprint density at radius 2 is 1.82 bits per heavy atom. The van der Waals surface area contributed by atoms with Crippen molar-refractivity contribution in [2.75, 3.05) is 5.32 Å². The van der Waals surface area contributed by atoms with E-state index in [2.05, 4.69) is 5.32 Å². The number of carboxylic acids is 1. The molecule has 28 heavy (non-hydrogen) atoms. The molecule has 1 fully saturated rings. The summed E-state index contributed by atoms with van der Waals surface area (Å²) in [6, 6.07) is 14.7. The van der Waals surface area contributed by atoms with Gasteiger partial charge in [-0.1, -0.05) is 37.1 Å². The van der Waals surface area contributed by atoms with E-state index in [9.17, 15) is 9.59 Å². The highest BCUT2D eigenvalue weighted by Crippen LogP contribution is 2.28. The zero-order valence-corrected chi connectivity index (χ0v) is 16.7. The monoisotopic (exact) mass is 399 g/mol. The molecule has 6 heteroatoms. The van der Waals surface area contributed by atoms with Gasteiger partial charge >= 0.3 is 5.97 Å². The first-order valence-corrected chi connectivity index (χ1v) is 10.4. The fraction of sp³-hybridized carbons (Fsp3) is 0.364. The minimum atomic E-state index is -0.907. The van der Waals surface area contributed by atoms with E-state index in [1.165, 1.54) is 12.8 Å². The molecule has 2 aromatic rings. The van der Waals surface area contributed by atoms with Gasteiger partial charge in [0, 0.05) is 10.6 Å². The molecule has 1 aliphatic carbocycles. The third-order valence-electron chi connectivity index (χ3n) is 4.78. The number of rotatable bonds is 8. The Hall–Kier alpha value is -2.31. The highest BCUT2D eigenvalue weighted by molar-refractivity contribution is 8.00. The van der Waals surface area contributed by atoms with Crippen molar-refractivity contribution in [3.8, 4) is 0 Å². The van der Waals surface area contributed by atoms with Gasteiger partial charge in [0.1, 0.15) is 5.25 Å². The van der Waals surface area contributed by atoms with Crippen LogP contribution in [0.5, 0.6) is 0 Å². The molecular weight excluding hydrogens is 374 g/mol. The Balaban J connectivity index is 1.60. The molecule has 0 radical (unpaired) electrons. The first-order chi connectivity index (χ1) is 13.5. The van der Waals surface area contributed by atoms with E-state index in [1.807, 2.05) is 24.3 Å². The zero-order chi connectivity index (χ0) is 19.9. The van der Waals surface area contributed by atoms with Crippen LogP contribution in [-0.4, -0.2) is 28.3 Å². The van der Waals surface area contributed by atoms with Crippen molar-refractivity contribution in [2.45, 2.75) is 55.5 Å². The molecule has 2 aromatic carbocycles. The maximum absolute atomic E-state index is 12.7. The quantitative estimate of drug-likeness (QED) is 0.614. The van der Waals surface area contributed by atoms with Crippen LogP contribution in [-0.2, 0) is 16.1 Å². The summed E-state index contributed by atoms with van der Waals surface area (Å²) in [5, 5.41) is 11.4. The standard InChI is InChI=1S/C22H25NO4S/c1-15(22(25)26)28-20-9-5-4-8-19(20)21(24)23-17-12-10-16(11-13-17)14-27-18-6-2-3-7-18/h4-5,8-13,15,18H,2-3,6-7,14H2,1H3,(H,23,24)(H,25,26). The van der Waals surface area contributed by atoms with Gasteiger partial charge in [0.2, 0.25) is 0 Å². The highest BCUT2D eigenvalue weighted by Gasteiger charge is 2.18. The number of anilines is 1. The van der Waals surface area contributed by atoms with E-state index in [0.717, 1.165) is 30.2 Å².